The number of para-hydroxylation sites is 1. The maximum absolute atomic E-state index is 11.0. The van der Waals surface area contributed by atoms with Crippen molar-refractivity contribution in [2.24, 2.45) is 0 Å². The van der Waals surface area contributed by atoms with Crippen molar-refractivity contribution in [1.29, 1.82) is 0 Å². The molecule has 37 heavy (non-hydrogen) atoms. The predicted molar refractivity (Wildman–Crippen MR) is 138 cm³/mol. The van der Waals surface area contributed by atoms with Crippen LogP contribution in [0.5, 0.6) is 11.5 Å². The Hall–Kier alpha value is -3.88. The summed E-state index contributed by atoms with van der Waals surface area (Å²) in [6.45, 7) is 0.491. The number of halogens is 1. The van der Waals surface area contributed by atoms with Crippen molar-refractivity contribution in [3.8, 4) is 22.6 Å². The number of carboxylic acids is 1. The first-order chi connectivity index (χ1) is 18.0. The molecule has 0 saturated carbocycles. The van der Waals surface area contributed by atoms with Crippen LogP contribution in [0, 0.1) is 0 Å². The lowest BCUT2D eigenvalue weighted by molar-refractivity contribution is -0.136. The molecule has 0 spiro atoms. The van der Waals surface area contributed by atoms with Crippen LogP contribution >= 0.6 is 11.6 Å². The third-order valence-corrected chi connectivity index (χ3v) is 6.66. The first-order valence-corrected chi connectivity index (χ1v) is 12.2. The van der Waals surface area contributed by atoms with Gasteiger partial charge in [-0.15, -0.1) is 0 Å². The van der Waals surface area contributed by atoms with Gasteiger partial charge in [-0.1, -0.05) is 54.1 Å². The standard InChI is InChI=1S/C28H26ClN3O5/c1-35-24-9-5-8-21(28(24)36-2)27-22-14-17(29)10-11-19(22)18-6-3-4-7-20(18)23(37-27)12-13-32-16-30-25(31-32)15-26(33)34/h3-11,14,16,23,27H,12-13,15H2,1-2H3,(H,33,34). The summed E-state index contributed by atoms with van der Waals surface area (Å²) >= 11 is 6.49. The Bertz CT molecular complexity index is 1440. The van der Waals surface area contributed by atoms with Crippen molar-refractivity contribution in [2.45, 2.75) is 31.6 Å². The Morgan fingerprint density at radius 1 is 1.03 bits per heavy atom. The Morgan fingerprint density at radius 3 is 2.59 bits per heavy atom. The number of aliphatic carboxylic acids is 1. The highest BCUT2D eigenvalue weighted by molar-refractivity contribution is 6.30. The summed E-state index contributed by atoms with van der Waals surface area (Å²) in [5.41, 5.74) is 4.89. The molecular formula is C28H26ClN3O5. The van der Waals surface area contributed by atoms with Crippen molar-refractivity contribution in [1.82, 2.24) is 14.8 Å². The van der Waals surface area contributed by atoms with Crippen LogP contribution in [-0.2, 0) is 22.5 Å². The number of rotatable bonds is 8. The first-order valence-electron chi connectivity index (χ1n) is 11.8. The van der Waals surface area contributed by atoms with Crippen molar-refractivity contribution >= 4 is 17.6 Å². The van der Waals surface area contributed by atoms with Gasteiger partial charge in [0.2, 0.25) is 0 Å². The van der Waals surface area contributed by atoms with Gasteiger partial charge in [0.25, 0.3) is 0 Å². The van der Waals surface area contributed by atoms with Gasteiger partial charge in [-0.3, -0.25) is 9.48 Å². The van der Waals surface area contributed by atoms with E-state index in [1.807, 2.05) is 48.5 Å². The normalized spacial score (nSPS) is 16.4. The van der Waals surface area contributed by atoms with E-state index < -0.39 is 12.1 Å². The molecule has 2 unspecified atom stereocenters. The van der Waals surface area contributed by atoms with E-state index in [2.05, 4.69) is 22.2 Å². The molecule has 3 aromatic carbocycles. The van der Waals surface area contributed by atoms with Crippen molar-refractivity contribution in [3.05, 3.63) is 94.5 Å². The molecule has 0 fully saturated rings. The zero-order chi connectivity index (χ0) is 25.9. The summed E-state index contributed by atoms with van der Waals surface area (Å²) in [6, 6.07) is 19.8. The van der Waals surface area contributed by atoms with E-state index in [0.29, 0.717) is 29.5 Å². The molecule has 2 atom stereocenters. The summed E-state index contributed by atoms with van der Waals surface area (Å²) in [5.74, 6) is 0.514. The Balaban J connectivity index is 1.58. The maximum Gasteiger partial charge on any atom is 0.311 e. The summed E-state index contributed by atoms with van der Waals surface area (Å²) in [5, 5.41) is 14.0. The van der Waals surface area contributed by atoms with Gasteiger partial charge in [-0.05, 0) is 46.9 Å². The van der Waals surface area contributed by atoms with Crippen LogP contribution in [-0.4, -0.2) is 40.1 Å². The number of hydrogen-bond acceptors (Lipinski definition) is 6. The SMILES string of the molecule is COc1cccc(C2OC(CCn3cnc(CC(=O)O)n3)c3ccccc3-c3ccc(Cl)cc32)c1OC. The van der Waals surface area contributed by atoms with Crippen LogP contribution in [0.4, 0.5) is 0 Å². The van der Waals surface area contributed by atoms with Crippen LogP contribution in [0.25, 0.3) is 11.1 Å². The average molecular weight is 520 g/mol. The zero-order valence-corrected chi connectivity index (χ0v) is 21.2. The number of ether oxygens (including phenoxy) is 3. The maximum atomic E-state index is 11.0. The van der Waals surface area contributed by atoms with Crippen molar-refractivity contribution in [3.63, 3.8) is 0 Å². The number of hydrogen-bond donors (Lipinski definition) is 1. The largest absolute Gasteiger partial charge is 0.493 e. The molecule has 0 bridgehead atoms. The van der Waals surface area contributed by atoms with Crippen LogP contribution in [0.15, 0.2) is 67.0 Å². The third kappa shape index (κ3) is 5.03. The topological polar surface area (TPSA) is 95.7 Å². The van der Waals surface area contributed by atoms with Gasteiger partial charge in [-0.25, -0.2) is 4.98 Å². The molecule has 5 rings (SSSR count). The number of methoxy groups -OCH3 is 2. The number of nitrogens with zero attached hydrogens (tertiary/aromatic N) is 3. The van der Waals surface area contributed by atoms with Gasteiger partial charge < -0.3 is 19.3 Å². The lowest BCUT2D eigenvalue weighted by Crippen LogP contribution is -2.14. The van der Waals surface area contributed by atoms with Crippen LogP contribution in [0.2, 0.25) is 5.02 Å². The van der Waals surface area contributed by atoms with E-state index in [1.54, 1.807) is 25.2 Å². The second-order valence-electron chi connectivity index (χ2n) is 8.69. The van der Waals surface area contributed by atoms with E-state index in [-0.39, 0.29) is 18.3 Å². The van der Waals surface area contributed by atoms with Gasteiger partial charge >= 0.3 is 5.97 Å². The fraction of sp³-hybridized carbons (Fsp3) is 0.250. The quantitative estimate of drug-likeness (QED) is 0.328. The Morgan fingerprint density at radius 2 is 1.81 bits per heavy atom. The van der Waals surface area contributed by atoms with Crippen LogP contribution in [0.1, 0.15) is 41.1 Å². The van der Waals surface area contributed by atoms with E-state index >= 15 is 0 Å². The molecule has 0 radical (unpaired) electrons. The fourth-order valence-corrected chi connectivity index (χ4v) is 5.00. The molecule has 190 valence electrons. The summed E-state index contributed by atoms with van der Waals surface area (Å²) < 4.78 is 19.9. The molecule has 0 saturated heterocycles. The highest BCUT2D eigenvalue weighted by Gasteiger charge is 2.32. The Kier molecular flexibility index (Phi) is 7.12. The summed E-state index contributed by atoms with van der Waals surface area (Å²) in [4.78, 5) is 15.1. The predicted octanol–water partition coefficient (Wildman–Crippen LogP) is 5.49. The Labute approximate surface area is 219 Å². The highest BCUT2D eigenvalue weighted by atomic mass is 35.5. The second kappa shape index (κ2) is 10.6. The molecule has 0 aliphatic carbocycles. The molecule has 1 aliphatic heterocycles. The smallest absolute Gasteiger partial charge is 0.311 e. The highest BCUT2D eigenvalue weighted by Crippen LogP contribution is 2.49. The number of aromatic nitrogens is 3. The number of aryl methyl sites for hydroxylation is 1. The minimum absolute atomic E-state index is 0.219. The zero-order valence-electron chi connectivity index (χ0n) is 20.4. The summed E-state index contributed by atoms with van der Waals surface area (Å²) in [7, 11) is 3.22. The molecule has 4 aromatic rings. The molecule has 8 nitrogen and oxygen atoms in total. The summed E-state index contributed by atoms with van der Waals surface area (Å²) in [6.07, 6.45) is 1.11. The molecule has 0 amide bonds. The monoisotopic (exact) mass is 519 g/mol. The lowest BCUT2D eigenvalue weighted by Gasteiger charge is -2.26. The van der Waals surface area contributed by atoms with Gasteiger partial charge in [0.15, 0.2) is 17.3 Å². The van der Waals surface area contributed by atoms with Gasteiger partial charge in [-0.2, -0.15) is 5.10 Å². The number of carboxylic acid groups (broad SMARTS) is 1. The molecule has 9 heteroatoms. The first kappa shape index (κ1) is 24.8. The molecular weight excluding hydrogens is 494 g/mol. The average Bonchev–Trinajstić information content (AvgIpc) is 3.29. The van der Waals surface area contributed by atoms with Crippen LogP contribution < -0.4 is 9.47 Å². The minimum Gasteiger partial charge on any atom is -0.493 e. The van der Waals surface area contributed by atoms with Crippen molar-refractivity contribution < 1.29 is 24.1 Å². The minimum atomic E-state index is -0.967. The van der Waals surface area contributed by atoms with E-state index in [0.717, 1.165) is 27.8 Å². The second-order valence-corrected chi connectivity index (χ2v) is 9.13. The molecule has 2 heterocycles. The lowest BCUT2D eigenvalue weighted by atomic mass is 9.90. The molecule has 1 N–H and O–H groups in total. The number of fused-ring (bicyclic) bond motifs is 3. The van der Waals surface area contributed by atoms with Gasteiger partial charge in [0.1, 0.15) is 18.9 Å². The van der Waals surface area contributed by atoms with Gasteiger partial charge in [0.05, 0.1) is 20.3 Å². The van der Waals surface area contributed by atoms with E-state index in [1.165, 1.54) is 0 Å². The number of carbonyl (C=O) groups is 1. The van der Waals surface area contributed by atoms with E-state index in [9.17, 15) is 4.79 Å². The van der Waals surface area contributed by atoms with Gasteiger partial charge in [0, 0.05) is 17.1 Å². The van der Waals surface area contributed by atoms with Crippen LogP contribution in [0.3, 0.4) is 0 Å². The third-order valence-electron chi connectivity index (χ3n) is 6.42. The molecule has 1 aromatic heterocycles. The van der Waals surface area contributed by atoms with Crippen molar-refractivity contribution in [2.75, 3.05) is 14.2 Å². The fourth-order valence-electron chi connectivity index (χ4n) is 4.82. The van der Waals surface area contributed by atoms with E-state index in [4.69, 9.17) is 30.9 Å². The number of benzene rings is 3. The molecule has 1 aliphatic rings.